The minimum atomic E-state index is 0.0420. The Hall–Kier alpha value is -0.870. The van der Waals surface area contributed by atoms with Crippen LogP contribution in [0.3, 0.4) is 0 Å². The van der Waals surface area contributed by atoms with Gasteiger partial charge in [-0.2, -0.15) is 5.10 Å². The van der Waals surface area contributed by atoms with Crippen LogP contribution in [0.25, 0.3) is 0 Å². The van der Waals surface area contributed by atoms with Crippen LogP contribution in [0.5, 0.6) is 0 Å². The van der Waals surface area contributed by atoms with Crippen LogP contribution in [0, 0.1) is 0 Å². The maximum absolute atomic E-state index is 5.67. The van der Waals surface area contributed by atoms with Gasteiger partial charge in [0.2, 0.25) is 0 Å². The Morgan fingerprint density at radius 3 is 2.87 bits per heavy atom. The van der Waals surface area contributed by atoms with Gasteiger partial charge in [0.05, 0.1) is 24.4 Å². The normalized spacial score (nSPS) is 23.0. The van der Waals surface area contributed by atoms with E-state index >= 15 is 0 Å². The summed E-state index contributed by atoms with van der Waals surface area (Å²) in [6, 6.07) is 0. The zero-order valence-corrected chi connectivity index (χ0v) is 9.66. The Bertz CT molecular complexity index is 321. The van der Waals surface area contributed by atoms with E-state index in [2.05, 4.69) is 37.4 Å². The van der Waals surface area contributed by atoms with Crippen molar-refractivity contribution in [3.8, 4) is 0 Å². The zero-order valence-electron chi connectivity index (χ0n) is 9.66. The first-order valence-electron chi connectivity index (χ1n) is 5.45. The highest BCUT2D eigenvalue weighted by molar-refractivity contribution is 5.10. The molecule has 0 amide bonds. The van der Waals surface area contributed by atoms with Crippen molar-refractivity contribution in [1.82, 2.24) is 15.1 Å². The Kier molecular flexibility index (Phi) is 2.80. The van der Waals surface area contributed by atoms with Crippen molar-refractivity contribution in [3.05, 3.63) is 18.0 Å². The molecule has 1 fully saturated rings. The molecule has 1 aromatic heterocycles. The average molecular weight is 209 g/mol. The average Bonchev–Trinajstić information content (AvgIpc) is 2.67. The van der Waals surface area contributed by atoms with Crippen LogP contribution >= 0.6 is 0 Å². The highest BCUT2D eigenvalue weighted by Crippen LogP contribution is 2.20. The first kappa shape index (κ1) is 10.6. The molecule has 1 saturated heterocycles. The first-order chi connectivity index (χ1) is 7.07. The summed E-state index contributed by atoms with van der Waals surface area (Å²) in [5.41, 5.74) is 1.21. The van der Waals surface area contributed by atoms with Crippen LogP contribution in [-0.4, -0.2) is 29.5 Å². The molecule has 0 spiro atoms. The molecule has 1 N–H and O–H groups in total. The van der Waals surface area contributed by atoms with Crippen LogP contribution in [0.15, 0.2) is 12.4 Å². The van der Waals surface area contributed by atoms with E-state index in [0.717, 1.165) is 25.3 Å². The van der Waals surface area contributed by atoms with E-state index in [1.165, 1.54) is 0 Å². The summed E-state index contributed by atoms with van der Waals surface area (Å²) in [5, 5.41) is 7.69. The summed E-state index contributed by atoms with van der Waals surface area (Å²) in [4.78, 5) is 0. The number of hydrogen-bond donors (Lipinski definition) is 1. The summed E-state index contributed by atoms with van der Waals surface area (Å²) in [6.07, 6.45) is 4.15. The summed E-state index contributed by atoms with van der Waals surface area (Å²) in [7, 11) is 0. The highest BCUT2D eigenvalue weighted by atomic mass is 16.5. The summed E-state index contributed by atoms with van der Waals surface area (Å²) < 4.78 is 7.66. The lowest BCUT2D eigenvalue weighted by atomic mass is 10.1. The van der Waals surface area contributed by atoms with Gasteiger partial charge in [-0.3, -0.25) is 4.68 Å². The highest BCUT2D eigenvalue weighted by Gasteiger charge is 2.20. The van der Waals surface area contributed by atoms with Crippen LogP contribution in [0.4, 0.5) is 0 Å². The molecule has 1 aromatic rings. The van der Waals surface area contributed by atoms with E-state index < -0.39 is 0 Å². The molecule has 2 rings (SSSR count). The monoisotopic (exact) mass is 209 g/mol. The van der Waals surface area contributed by atoms with E-state index in [1.807, 2.05) is 10.9 Å². The SMILES string of the molecule is CC(C)(C)n1cc(C2CNCCO2)cn1. The molecule has 84 valence electrons. The van der Waals surface area contributed by atoms with Gasteiger partial charge in [0.15, 0.2) is 0 Å². The number of ether oxygens (including phenoxy) is 1. The summed E-state index contributed by atoms with van der Waals surface area (Å²) in [5.74, 6) is 0. The van der Waals surface area contributed by atoms with Gasteiger partial charge in [0.1, 0.15) is 0 Å². The summed E-state index contributed by atoms with van der Waals surface area (Å²) >= 11 is 0. The van der Waals surface area contributed by atoms with Crippen molar-refractivity contribution in [2.45, 2.75) is 32.4 Å². The molecule has 4 nitrogen and oxygen atoms in total. The molecule has 1 aliphatic heterocycles. The molecular formula is C11H19N3O. The van der Waals surface area contributed by atoms with E-state index in [4.69, 9.17) is 4.74 Å². The van der Waals surface area contributed by atoms with Gasteiger partial charge < -0.3 is 10.1 Å². The number of hydrogen-bond acceptors (Lipinski definition) is 3. The second-order valence-electron chi connectivity index (χ2n) is 4.95. The largest absolute Gasteiger partial charge is 0.371 e. The molecule has 2 heterocycles. The van der Waals surface area contributed by atoms with E-state index in [-0.39, 0.29) is 11.6 Å². The third kappa shape index (κ3) is 2.38. The van der Waals surface area contributed by atoms with Gasteiger partial charge in [-0.25, -0.2) is 0 Å². The molecule has 1 atom stereocenters. The quantitative estimate of drug-likeness (QED) is 0.757. The standard InChI is InChI=1S/C11H19N3O/c1-11(2,3)14-8-9(6-13-14)10-7-12-4-5-15-10/h6,8,10,12H,4-5,7H2,1-3H3. The van der Waals surface area contributed by atoms with Gasteiger partial charge in [0, 0.05) is 24.8 Å². The molecule has 1 aliphatic rings. The zero-order chi connectivity index (χ0) is 10.9. The van der Waals surface area contributed by atoms with Crippen molar-refractivity contribution in [2.75, 3.05) is 19.7 Å². The van der Waals surface area contributed by atoms with Crippen LogP contribution in [-0.2, 0) is 10.3 Å². The van der Waals surface area contributed by atoms with Gasteiger partial charge >= 0.3 is 0 Å². The number of nitrogens with zero attached hydrogens (tertiary/aromatic N) is 2. The number of aromatic nitrogens is 2. The van der Waals surface area contributed by atoms with E-state index in [1.54, 1.807) is 0 Å². The Morgan fingerprint density at radius 1 is 1.53 bits per heavy atom. The van der Waals surface area contributed by atoms with Crippen molar-refractivity contribution >= 4 is 0 Å². The number of morpholine rings is 1. The summed E-state index contributed by atoms with van der Waals surface area (Å²) in [6.45, 7) is 9.04. The van der Waals surface area contributed by atoms with Gasteiger partial charge in [0.25, 0.3) is 0 Å². The number of nitrogens with one attached hydrogen (secondary N) is 1. The van der Waals surface area contributed by atoms with Gasteiger partial charge in [-0.05, 0) is 20.8 Å². The van der Waals surface area contributed by atoms with Crippen molar-refractivity contribution in [1.29, 1.82) is 0 Å². The Labute approximate surface area is 90.6 Å². The van der Waals surface area contributed by atoms with Crippen LogP contribution < -0.4 is 5.32 Å². The molecule has 0 saturated carbocycles. The van der Waals surface area contributed by atoms with Crippen LogP contribution in [0.1, 0.15) is 32.4 Å². The van der Waals surface area contributed by atoms with Gasteiger partial charge in [-0.1, -0.05) is 0 Å². The molecular weight excluding hydrogens is 190 g/mol. The molecule has 4 heteroatoms. The van der Waals surface area contributed by atoms with E-state index in [0.29, 0.717) is 0 Å². The Morgan fingerprint density at radius 2 is 2.33 bits per heavy atom. The lowest BCUT2D eigenvalue weighted by Crippen LogP contribution is -2.33. The number of rotatable bonds is 1. The minimum Gasteiger partial charge on any atom is -0.371 e. The molecule has 0 aliphatic carbocycles. The minimum absolute atomic E-state index is 0.0420. The Balaban J connectivity index is 2.12. The predicted octanol–water partition coefficient (Wildman–Crippen LogP) is 1.30. The second kappa shape index (κ2) is 3.94. The second-order valence-corrected chi connectivity index (χ2v) is 4.95. The third-order valence-corrected chi connectivity index (χ3v) is 2.59. The lowest BCUT2D eigenvalue weighted by Gasteiger charge is -2.23. The smallest absolute Gasteiger partial charge is 0.0980 e. The fraction of sp³-hybridized carbons (Fsp3) is 0.727. The van der Waals surface area contributed by atoms with E-state index in [9.17, 15) is 0 Å². The molecule has 0 radical (unpaired) electrons. The maximum atomic E-state index is 5.67. The predicted molar refractivity (Wildman–Crippen MR) is 58.8 cm³/mol. The molecule has 0 bridgehead atoms. The molecule has 15 heavy (non-hydrogen) atoms. The maximum Gasteiger partial charge on any atom is 0.0980 e. The van der Waals surface area contributed by atoms with Crippen LogP contribution in [0.2, 0.25) is 0 Å². The van der Waals surface area contributed by atoms with Crippen molar-refractivity contribution in [3.63, 3.8) is 0 Å². The fourth-order valence-corrected chi connectivity index (χ4v) is 1.65. The van der Waals surface area contributed by atoms with Gasteiger partial charge in [-0.15, -0.1) is 0 Å². The first-order valence-corrected chi connectivity index (χ1v) is 5.45. The third-order valence-electron chi connectivity index (χ3n) is 2.59. The van der Waals surface area contributed by atoms with Crippen molar-refractivity contribution in [2.24, 2.45) is 0 Å². The fourth-order valence-electron chi connectivity index (χ4n) is 1.65. The topological polar surface area (TPSA) is 39.1 Å². The lowest BCUT2D eigenvalue weighted by molar-refractivity contribution is 0.0276. The molecule has 1 unspecified atom stereocenters. The molecule has 0 aromatic carbocycles. The van der Waals surface area contributed by atoms with Crippen molar-refractivity contribution < 1.29 is 4.74 Å².